The SMILES string of the molecule is CC(C)Oc1ccccc1C(=O)c1cccc(N(C)C)c1. The number of hydrogen-bond acceptors (Lipinski definition) is 3. The third-order valence-corrected chi connectivity index (χ3v) is 3.12. The lowest BCUT2D eigenvalue weighted by Gasteiger charge is -2.15. The molecule has 3 nitrogen and oxygen atoms in total. The van der Waals surface area contributed by atoms with Crippen molar-refractivity contribution in [3.8, 4) is 5.75 Å². The Balaban J connectivity index is 2.38. The number of nitrogens with zero attached hydrogens (tertiary/aromatic N) is 1. The Morgan fingerprint density at radius 3 is 2.43 bits per heavy atom. The average molecular weight is 283 g/mol. The molecule has 0 saturated heterocycles. The number of benzene rings is 2. The smallest absolute Gasteiger partial charge is 0.196 e. The molecule has 2 aromatic rings. The van der Waals surface area contributed by atoms with Crippen LogP contribution < -0.4 is 9.64 Å². The summed E-state index contributed by atoms with van der Waals surface area (Å²) < 4.78 is 5.73. The Bertz CT molecular complexity index is 633. The van der Waals surface area contributed by atoms with Crippen LogP contribution in [-0.2, 0) is 0 Å². The van der Waals surface area contributed by atoms with Crippen LogP contribution in [0.15, 0.2) is 48.5 Å². The highest BCUT2D eigenvalue weighted by Gasteiger charge is 2.15. The molecule has 0 bridgehead atoms. The summed E-state index contributed by atoms with van der Waals surface area (Å²) in [6, 6.07) is 15.0. The Labute approximate surface area is 126 Å². The summed E-state index contributed by atoms with van der Waals surface area (Å²) in [7, 11) is 3.92. The molecule has 0 heterocycles. The van der Waals surface area contributed by atoms with Gasteiger partial charge < -0.3 is 9.64 Å². The third-order valence-electron chi connectivity index (χ3n) is 3.12. The van der Waals surface area contributed by atoms with Gasteiger partial charge in [0.05, 0.1) is 11.7 Å². The van der Waals surface area contributed by atoms with Crippen LogP contribution in [0.2, 0.25) is 0 Å². The fourth-order valence-electron chi connectivity index (χ4n) is 2.09. The van der Waals surface area contributed by atoms with Gasteiger partial charge in [-0.15, -0.1) is 0 Å². The number of hydrogen-bond donors (Lipinski definition) is 0. The van der Waals surface area contributed by atoms with Crippen molar-refractivity contribution in [3.63, 3.8) is 0 Å². The number of carbonyl (C=O) groups excluding carboxylic acids is 1. The summed E-state index contributed by atoms with van der Waals surface area (Å²) in [4.78, 5) is 14.7. The minimum absolute atomic E-state index is 0.0186. The van der Waals surface area contributed by atoms with Gasteiger partial charge in [-0.3, -0.25) is 4.79 Å². The fraction of sp³-hybridized carbons (Fsp3) is 0.278. The summed E-state index contributed by atoms with van der Waals surface area (Å²) in [5.74, 6) is 0.614. The van der Waals surface area contributed by atoms with E-state index < -0.39 is 0 Å². The second kappa shape index (κ2) is 6.44. The molecule has 0 saturated carbocycles. The Morgan fingerprint density at radius 1 is 1.05 bits per heavy atom. The minimum atomic E-state index is -0.0186. The van der Waals surface area contributed by atoms with Crippen molar-refractivity contribution in [2.75, 3.05) is 19.0 Å². The first-order valence-corrected chi connectivity index (χ1v) is 7.07. The largest absolute Gasteiger partial charge is 0.490 e. The van der Waals surface area contributed by atoms with E-state index in [9.17, 15) is 4.79 Å². The zero-order valence-electron chi connectivity index (χ0n) is 13.0. The summed E-state index contributed by atoms with van der Waals surface area (Å²) in [5.41, 5.74) is 2.27. The molecule has 0 aliphatic carbocycles. The molecule has 3 heteroatoms. The van der Waals surface area contributed by atoms with E-state index in [4.69, 9.17) is 4.74 Å². The molecule has 0 aromatic heterocycles. The van der Waals surface area contributed by atoms with Crippen molar-refractivity contribution in [2.45, 2.75) is 20.0 Å². The lowest BCUT2D eigenvalue weighted by atomic mass is 10.0. The maximum Gasteiger partial charge on any atom is 0.196 e. The van der Waals surface area contributed by atoms with Crippen LogP contribution in [0.3, 0.4) is 0 Å². The first-order chi connectivity index (χ1) is 9.99. The number of ketones is 1. The van der Waals surface area contributed by atoms with Crippen molar-refractivity contribution >= 4 is 11.5 Å². The van der Waals surface area contributed by atoms with Crippen molar-refractivity contribution < 1.29 is 9.53 Å². The lowest BCUT2D eigenvalue weighted by Crippen LogP contribution is -2.12. The van der Waals surface area contributed by atoms with Gasteiger partial charge >= 0.3 is 0 Å². The molecule has 0 amide bonds. The molecule has 21 heavy (non-hydrogen) atoms. The molecule has 0 radical (unpaired) electrons. The normalized spacial score (nSPS) is 10.5. The van der Waals surface area contributed by atoms with Gasteiger partial charge in [0.2, 0.25) is 0 Å². The third kappa shape index (κ3) is 3.63. The summed E-state index contributed by atoms with van der Waals surface area (Å²) in [6.45, 7) is 3.90. The molecule has 0 N–H and O–H groups in total. The van der Waals surface area contributed by atoms with E-state index in [1.165, 1.54) is 0 Å². The minimum Gasteiger partial charge on any atom is -0.490 e. The van der Waals surface area contributed by atoms with Crippen LogP contribution in [0.4, 0.5) is 5.69 Å². The fourth-order valence-corrected chi connectivity index (χ4v) is 2.09. The predicted molar refractivity (Wildman–Crippen MR) is 86.4 cm³/mol. The summed E-state index contributed by atoms with van der Waals surface area (Å²) in [6.07, 6.45) is 0.0343. The van der Waals surface area contributed by atoms with E-state index in [1.54, 1.807) is 0 Å². The van der Waals surface area contributed by atoms with Crippen LogP contribution in [0.25, 0.3) is 0 Å². The van der Waals surface area contributed by atoms with Gasteiger partial charge in [0.15, 0.2) is 5.78 Å². The van der Waals surface area contributed by atoms with Gasteiger partial charge in [0, 0.05) is 25.3 Å². The zero-order valence-corrected chi connectivity index (χ0v) is 13.0. The van der Waals surface area contributed by atoms with E-state index in [1.807, 2.05) is 81.4 Å². The Kier molecular flexibility index (Phi) is 4.63. The van der Waals surface area contributed by atoms with Crippen molar-refractivity contribution in [1.82, 2.24) is 0 Å². The van der Waals surface area contributed by atoms with E-state index in [0.717, 1.165) is 5.69 Å². The number of ether oxygens (including phenoxy) is 1. The van der Waals surface area contributed by atoms with Gasteiger partial charge in [-0.2, -0.15) is 0 Å². The molecule has 2 rings (SSSR count). The molecule has 0 unspecified atom stereocenters. The maximum atomic E-state index is 12.7. The summed E-state index contributed by atoms with van der Waals surface area (Å²) >= 11 is 0. The first kappa shape index (κ1) is 15.1. The molecular weight excluding hydrogens is 262 g/mol. The van der Waals surface area contributed by atoms with Gasteiger partial charge in [-0.05, 0) is 38.1 Å². The Hall–Kier alpha value is -2.29. The van der Waals surface area contributed by atoms with Crippen LogP contribution >= 0.6 is 0 Å². The molecule has 0 aliphatic heterocycles. The highest BCUT2D eigenvalue weighted by atomic mass is 16.5. The molecule has 110 valence electrons. The van der Waals surface area contributed by atoms with E-state index in [-0.39, 0.29) is 11.9 Å². The number of carbonyl (C=O) groups is 1. The van der Waals surface area contributed by atoms with Crippen LogP contribution in [0.1, 0.15) is 29.8 Å². The highest BCUT2D eigenvalue weighted by molar-refractivity contribution is 6.11. The molecule has 2 aromatic carbocycles. The van der Waals surface area contributed by atoms with Crippen LogP contribution in [0.5, 0.6) is 5.75 Å². The van der Waals surface area contributed by atoms with Crippen molar-refractivity contribution in [1.29, 1.82) is 0 Å². The van der Waals surface area contributed by atoms with Gasteiger partial charge in [0.1, 0.15) is 5.75 Å². The van der Waals surface area contributed by atoms with E-state index in [0.29, 0.717) is 16.9 Å². The Morgan fingerprint density at radius 2 is 1.76 bits per heavy atom. The molecule has 0 fully saturated rings. The molecular formula is C18H21NO2. The maximum absolute atomic E-state index is 12.7. The quantitative estimate of drug-likeness (QED) is 0.782. The molecule has 0 aliphatic rings. The molecule has 0 spiro atoms. The zero-order chi connectivity index (χ0) is 15.4. The summed E-state index contributed by atoms with van der Waals surface area (Å²) in [5, 5.41) is 0. The van der Waals surface area contributed by atoms with Gasteiger partial charge in [-0.1, -0.05) is 24.3 Å². The van der Waals surface area contributed by atoms with Crippen molar-refractivity contribution in [3.05, 3.63) is 59.7 Å². The first-order valence-electron chi connectivity index (χ1n) is 7.07. The highest BCUT2D eigenvalue weighted by Crippen LogP contribution is 2.24. The predicted octanol–water partition coefficient (Wildman–Crippen LogP) is 3.77. The van der Waals surface area contributed by atoms with Gasteiger partial charge in [0.25, 0.3) is 0 Å². The number of para-hydroxylation sites is 1. The van der Waals surface area contributed by atoms with Gasteiger partial charge in [-0.25, -0.2) is 0 Å². The topological polar surface area (TPSA) is 29.5 Å². The average Bonchev–Trinajstić information content (AvgIpc) is 2.46. The number of rotatable bonds is 5. The van der Waals surface area contributed by atoms with Crippen molar-refractivity contribution in [2.24, 2.45) is 0 Å². The monoisotopic (exact) mass is 283 g/mol. The standard InChI is InChI=1S/C18H21NO2/c1-13(2)21-17-11-6-5-10-16(17)18(20)14-8-7-9-15(12-14)19(3)4/h5-13H,1-4H3. The lowest BCUT2D eigenvalue weighted by molar-refractivity contribution is 0.103. The van der Waals surface area contributed by atoms with E-state index in [2.05, 4.69) is 0 Å². The molecule has 0 atom stereocenters. The second-order valence-electron chi connectivity index (χ2n) is 5.44. The second-order valence-corrected chi connectivity index (χ2v) is 5.44. The van der Waals surface area contributed by atoms with Crippen LogP contribution in [-0.4, -0.2) is 26.0 Å². The van der Waals surface area contributed by atoms with E-state index >= 15 is 0 Å². The number of anilines is 1. The van der Waals surface area contributed by atoms with Crippen LogP contribution in [0, 0.1) is 0 Å².